The van der Waals surface area contributed by atoms with Crippen LogP contribution < -0.4 is 0 Å². The van der Waals surface area contributed by atoms with Gasteiger partial charge in [0.1, 0.15) is 104 Å². The van der Waals surface area contributed by atoms with Crippen molar-refractivity contribution in [3.8, 4) is 0 Å². The van der Waals surface area contributed by atoms with E-state index in [1.165, 1.54) is 6.92 Å². The highest BCUT2D eigenvalue weighted by Crippen LogP contribution is 2.76. The highest BCUT2D eigenvalue weighted by molar-refractivity contribution is 5.79. The van der Waals surface area contributed by atoms with Crippen molar-refractivity contribution in [2.24, 2.45) is 50.2 Å². The number of hydrogen-bond acceptors (Lipinski definition) is 31. The Kier molecular flexibility index (Phi) is 21.2. The van der Waals surface area contributed by atoms with Crippen molar-refractivity contribution < 1.29 is 153 Å². The van der Waals surface area contributed by atoms with Crippen LogP contribution in [0, 0.1) is 50.2 Å². The van der Waals surface area contributed by atoms with Crippen LogP contribution in [0.15, 0.2) is 11.6 Å². The van der Waals surface area contributed by atoms with Gasteiger partial charge >= 0.3 is 17.9 Å². The van der Waals surface area contributed by atoms with E-state index in [1.807, 2.05) is 0 Å². The van der Waals surface area contributed by atoms with Gasteiger partial charge in [-0.2, -0.15) is 0 Å². The lowest BCUT2D eigenvalue weighted by Crippen LogP contribution is -2.70. The van der Waals surface area contributed by atoms with Crippen molar-refractivity contribution >= 4 is 17.9 Å². The summed E-state index contributed by atoms with van der Waals surface area (Å²) >= 11 is 0. The standard InChI is InChI=1S/C65H102O31/c1-26-48-49(92-53-45(80)42(77)39(74)31(21-66)88-53)47(82)55(87-26)93-50-38(73)30(70)23-86-56(50)96-58(83)65-15-13-59(2,3)17-28(65)27-9-10-35-61(5)18-29(69)52(62(6,25-68)34(61)11-12-64(35,8)63(27,7)14-16-65)95-57-51(44(79)40(75)32(22-67)89-57)94-54-46(81)43(78)41(76)33(90-54)24-85-36(71)19-60(4,84)20-37(72)91-48/h9,26,28-35,38-57,66-70,73-82,84H,10-25H2,1-8H3/t26-,28-,29-,30-,31+,32+,33+,34+,35+,38-,39+,40+,41-,42-,43-,44-,45+,46+,47+,48-,49-,50+,51+,52-,53-,54-,55-,56-,57-,60-,61-,62-,63+,64+,65-/m0/s1. The molecule has 31 nitrogen and oxygen atoms in total. The van der Waals surface area contributed by atoms with Crippen molar-refractivity contribution in [1.82, 2.24) is 0 Å². The minimum Gasteiger partial charge on any atom is -0.463 e. The van der Waals surface area contributed by atoms with E-state index in [-0.39, 0.29) is 23.7 Å². The molecule has 0 aromatic carbocycles. The zero-order valence-electron chi connectivity index (χ0n) is 55.4. The number of carbonyl (C=O) groups is 3. The first-order valence-corrected chi connectivity index (χ1v) is 33.8. The molecule has 14 aliphatic rings. The lowest BCUT2D eigenvalue weighted by molar-refractivity contribution is -0.384. The molecule has 4 saturated carbocycles. The zero-order chi connectivity index (χ0) is 70.1. The lowest BCUT2D eigenvalue weighted by atomic mass is 9.33. The topological polar surface area (TPSA) is 486 Å². The van der Waals surface area contributed by atoms with E-state index in [4.69, 9.17) is 56.8 Å². The van der Waals surface area contributed by atoms with Gasteiger partial charge < -0.3 is 139 Å². The van der Waals surface area contributed by atoms with E-state index in [2.05, 4.69) is 40.7 Å². The van der Waals surface area contributed by atoms with Crippen molar-refractivity contribution in [3.63, 3.8) is 0 Å². The van der Waals surface area contributed by atoms with E-state index in [9.17, 15) is 91.3 Å². The van der Waals surface area contributed by atoms with Crippen LogP contribution in [-0.4, -0.2) is 298 Å². The molecule has 7 saturated heterocycles. The second-order valence-electron chi connectivity index (χ2n) is 31.4. The van der Waals surface area contributed by atoms with Gasteiger partial charge in [-0.25, -0.2) is 0 Å². The summed E-state index contributed by atoms with van der Waals surface area (Å²) in [7, 11) is 0. The Bertz CT molecular complexity index is 2810. The van der Waals surface area contributed by atoms with Gasteiger partial charge in [0.2, 0.25) is 6.29 Å². The Balaban J connectivity index is 0.959. The maximum Gasteiger partial charge on any atom is 0.315 e. The molecule has 0 aromatic rings. The number of allylic oxidation sites excluding steroid dienone is 2. The molecule has 1 spiro atoms. The van der Waals surface area contributed by atoms with Crippen LogP contribution in [0.2, 0.25) is 0 Å². The van der Waals surface area contributed by atoms with E-state index in [0.29, 0.717) is 51.4 Å². The maximum absolute atomic E-state index is 15.7. The molecule has 9 heterocycles. The molecule has 0 amide bonds. The SMILES string of the molecule is C[C@@H]1O[C@H]2O[C@H]3[C@@H](OC[C@H](O)[C@@H]3O)OC(=O)[C@]34CCC(C)(C)C[C@H]3C3=CC[C@@H]5[C@@]6(C)C[C@H](O)[C@H](O[C@@H]7O[C@H](CO)[C@@H](O)[C@H](O)[C@H]7O[C@@H]7O[C@H](COC(=O)C[C@](C)(O)CC(=O)O[C@@H]1[C@@H](O[C@@H]1O[C@H](CO)[C@@H](O)[C@H](O)[C@H]1O)[C@H]2O)[C@H](O)[C@H](O)[C@H]7O)[C@@](C)(CO)[C@@H]6CC[C@@]5(C)[C@]3(C)CC4. The monoisotopic (exact) mass is 1380 g/mol. The Labute approximate surface area is 555 Å². The highest BCUT2D eigenvalue weighted by atomic mass is 16.8. The second kappa shape index (κ2) is 27.4. The molecule has 14 rings (SSSR count). The molecule has 9 aliphatic heterocycles. The quantitative estimate of drug-likeness (QED) is 0.0541. The van der Waals surface area contributed by atoms with Gasteiger partial charge in [-0.3, -0.25) is 14.4 Å². The van der Waals surface area contributed by atoms with Crippen LogP contribution in [-0.2, 0) is 71.2 Å². The molecule has 11 fully saturated rings. The first-order valence-electron chi connectivity index (χ1n) is 33.8. The molecule has 0 radical (unpaired) electrons. The maximum atomic E-state index is 15.7. The Morgan fingerprint density at radius 1 is 0.552 bits per heavy atom. The summed E-state index contributed by atoms with van der Waals surface area (Å²) in [6, 6.07) is 0. The number of aliphatic hydroxyl groups excluding tert-OH is 15. The van der Waals surface area contributed by atoms with Gasteiger partial charge in [-0.15, -0.1) is 0 Å². The summed E-state index contributed by atoms with van der Waals surface area (Å²) < 4.78 is 72.5. The molecule has 12 bridgehead atoms. The minimum absolute atomic E-state index is 0.130. The van der Waals surface area contributed by atoms with Crippen molar-refractivity contribution in [2.75, 3.05) is 33.0 Å². The Morgan fingerprint density at radius 2 is 1.18 bits per heavy atom. The lowest BCUT2D eigenvalue weighted by Gasteiger charge is -2.72. The van der Waals surface area contributed by atoms with Crippen molar-refractivity contribution in [3.05, 3.63) is 11.6 Å². The van der Waals surface area contributed by atoms with E-state index in [1.54, 1.807) is 6.92 Å². The summed E-state index contributed by atoms with van der Waals surface area (Å²) in [5.74, 6) is -4.10. The number of rotatable bonds is 5. The Hall–Kier alpha value is -2.85. The fourth-order valence-corrected chi connectivity index (χ4v) is 19.0. The number of aliphatic hydroxyl groups is 16. The van der Waals surface area contributed by atoms with Gasteiger partial charge in [-0.1, -0.05) is 53.2 Å². The largest absolute Gasteiger partial charge is 0.463 e. The number of esters is 3. The molecule has 31 heteroatoms. The summed E-state index contributed by atoms with van der Waals surface area (Å²) in [4.78, 5) is 43.2. The van der Waals surface area contributed by atoms with E-state index < -0.39 is 262 Å². The van der Waals surface area contributed by atoms with Crippen LogP contribution in [0.3, 0.4) is 0 Å². The van der Waals surface area contributed by atoms with Crippen molar-refractivity contribution in [2.45, 2.75) is 291 Å². The van der Waals surface area contributed by atoms with Crippen molar-refractivity contribution in [1.29, 1.82) is 0 Å². The fraction of sp³-hybridized carbons (Fsp3) is 0.923. The van der Waals surface area contributed by atoms with Gasteiger partial charge in [0, 0.05) is 5.41 Å². The highest BCUT2D eigenvalue weighted by Gasteiger charge is 2.72. The number of ether oxygens (including phenoxy) is 12. The summed E-state index contributed by atoms with van der Waals surface area (Å²) in [5.41, 5.74) is -5.78. The predicted molar refractivity (Wildman–Crippen MR) is 318 cm³/mol. The van der Waals surface area contributed by atoms with E-state index in [0.717, 1.165) is 12.5 Å². The summed E-state index contributed by atoms with van der Waals surface area (Å²) in [5, 5.41) is 181. The molecule has 96 heavy (non-hydrogen) atoms. The summed E-state index contributed by atoms with van der Waals surface area (Å²) in [6.45, 7) is 11.3. The third-order valence-corrected chi connectivity index (χ3v) is 24.7. The first kappa shape index (κ1) is 74.3. The van der Waals surface area contributed by atoms with Gasteiger partial charge in [0.05, 0.1) is 68.6 Å². The molecule has 5 aliphatic carbocycles. The molecule has 548 valence electrons. The Morgan fingerprint density at radius 3 is 1.85 bits per heavy atom. The normalized spacial score (nSPS) is 54.4. The van der Waals surface area contributed by atoms with E-state index >= 15 is 4.79 Å². The van der Waals surface area contributed by atoms with Crippen LogP contribution >= 0.6 is 0 Å². The van der Waals surface area contributed by atoms with Gasteiger partial charge in [0.25, 0.3) is 0 Å². The minimum atomic E-state index is -2.34. The first-order chi connectivity index (χ1) is 44.9. The average Bonchev–Trinajstić information content (AvgIpc) is 0.673. The van der Waals surface area contributed by atoms with Crippen LogP contribution in [0.1, 0.15) is 126 Å². The molecule has 16 N–H and O–H groups in total. The molecule has 0 unspecified atom stereocenters. The zero-order valence-corrected chi connectivity index (χ0v) is 55.4. The molecular weight excluding hydrogens is 1280 g/mol. The predicted octanol–water partition coefficient (Wildman–Crippen LogP) is -3.95. The fourth-order valence-electron chi connectivity index (χ4n) is 19.0. The van der Waals surface area contributed by atoms with Gasteiger partial charge in [-0.05, 0) is 111 Å². The third kappa shape index (κ3) is 12.8. The number of hydrogen-bond donors (Lipinski definition) is 16. The van der Waals surface area contributed by atoms with Gasteiger partial charge in [0.15, 0.2) is 37.4 Å². The smallest absolute Gasteiger partial charge is 0.315 e. The van der Waals surface area contributed by atoms with Crippen LogP contribution in [0.4, 0.5) is 0 Å². The second-order valence-corrected chi connectivity index (χ2v) is 31.4. The van der Waals surface area contributed by atoms with Crippen LogP contribution in [0.25, 0.3) is 0 Å². The molecule has 0 aromatic heterocycles. The van der Waals surface area contributed by atoms with Crippen LogP contribution in [0.5, 0.6) is 0 Å². The summed E-state index contributed by atoms with van der Waals surface area (Å²) in [6.07, 6.45) is -43.2. The molecular formula is C65H102O31. The molecule has 35 atom stereocenters. The average molecular weight is 1380 g/mol. The number of carbonyl (C=O) groups excluding carboxylic acids is 3. The third-order valence-electron chi connectivity index (χ3n) is 24.7.